The van der Waals surface area contributed by atoms with E-state index in [9.17, 15) is 4.79 Å². The van der Waals surface area contributed by atoms with E-state index >= 15 is 0 Å². The summed E-state index contributed by atoms with van der Waals surface area (Å²) in [6, 6.07) is 22.7. The number of benzene rings is 3. The van der Waals surface area contributed by atoms with Gasteiger partial charge in [-0.2, -0.15) is 0 Å². The van der Waals surface area contributed by atoms with Crippen LogP contribution in [0.5, 0.6) is 17.2 Å². The van der Waals surface area contributed by atoms with E-state index in [4.69, 9.17) is 14.2 Å². The van der Waals surface area contributed by atoms with Gasteiger partial charge in [-0.15, -0.1) is 0 Å². The molecule has 0 saturated heterocycles. The molecule has 1 aliphatic heterocycles. The van der Waals surface area contributed by atoms with Crippen LogP contribution in [-0.4, -0.2) is 12.6 Å². The second-order valence-corrected chi connectivity index (χ2v) is 6.21. The van der Waals surface area contributed by atoms with Crippen LogP contribution in [0.25, 0.3) is 0 Å². The highest BCUT2D eigenvalue weighted by Crippen LogP contribution is 2.32. The molecule has 140 valence electrons. The molecule has 0 spiro atoms. The lowest BCUT2D eigenvalue weighted by molar-refractivity contribution is 0.104. The zero-order valence-corrected chi connectivity index (χ0v) is 15.1. The van der Waals surface area contributed by atoms with Gasteiger partial charge in [0.1, 0.15) is 12.4 Å². The lowest BCUT2D eigenvalue weighted by Gasteiger charge is -2.07. The largest absolute Gasteiger partial charge is 0.489 e. The van der Waals surface area contributed by atoms with E-state index in [1.54, 1.807) is 24.4 Å². The Kier molecular flexibility index (Phi) is 5.24. The highest BCUT2D eigenvalue weighted by atomic mass is 16.7. The summed E-state index contributed by atoms with van der Waals surface area (Å²) in [7, 11) is 0. The molecule has 0 atom stereocenters. The van der Waals surface area contributed by atoms with Crippen LogP contribution in [0.2, 0.25) is 0 Å². The maximum atomic E-state index is 12.3. The van der Waals surface area contributed by atoms with Crippen LogP contribution in [0, 0.1) is 0 Å². The van der Waals surface area contributed by atoms with Gasteiger partial charge in [0.05, 0.1) is 0 Å². The summed E-state index contributed by atoms with van der Waals surface area (Å²) in [5.41, 5.74) is 2.53. The first-order valence-corrected chi connectivity index (χ1v) is 8.92. The number of hydrogen-bond acceptors (Lipinski definition) is 5. The molecular formula is C23H19NO4. The third kappa shape index (κ3) is 4.32. The summed E-state index contributed by atoms with van der Waals surface area (Å²) in [6.45, 7) is 0.715. The first-order chi connectivity index (χ1) is 13.8. The zero-order valence-electron chi connectivity index (χ0n) is 15.1. The SMILES string of the molecule is O=C(/C=C/Nc1ccc(OCc2ccccc2)cc1)c1ccc2c(c1)OCO2. The predicted octanol–water partition coefficient (Wildman–Crippen LogP) is 4.80. The van der Waals surface area contributed by atoms with Crippen molar-refractivity contribution in [3.63, 3.8) is 0 Å². The molecule has 1 aliphatic rings. The third-order valence-corrected chi connectivity index (χ3v) is 4.24. The third-order valence-electron chi connectivity index (χ3n) is 4.24. The highest BCUT2D eigenvalue weighted by Gasteiger charge is 2.14. The van der Waals surface area contributed by atoms with Crippen molar-refractivity contribution in [3.8, 4) is 17.2 Å². The smallest absolute Gasteiger partial charge is 0.231 e. The fourth-order valence-electron chi connectivity index (χ4n) is 2.75. The van der Waals surface area contributed by atoms with Crippen LogP contribution in [0.1, 0.15) is 15.9 Å². The Morgan fingerprint density at radius 3 is 2.57 bits per heavy atom. The molecule has 4 rings (SSSR count). The monoisotopic (exact) mass is 373 g/mol. The van der Waals surface area contributed by atoms with Gasteiger partial charge in [0, 0.05) is 23.5 Å². The minimum atomic E-state index is -0.117. The first kappa shape index (κ1) is 17.7. The summed E-state index contributed by atoms with van der Waals surface area (Å²) >= 11 is 0. The van der Waals surface area contributed by atoms with Gasteiger partial charge in [0.2, 0.25) is 6.79 Å². The molecule has 0 radical (unpaired) electrons. The number of nitrogens with one attached hydrogen (secondary N) is 1. The topological polar surface area (TPSA) is 56.8 Å². The number of rotatable bonds is 7. The molecule has 0 aliphatic carbocycles. The van der Waals surface area contributed by atoms with E-state index < -0.39 is 0 Å². The fourth-order valence-corrected chi connectivity index (χ4v) is 2.75. The van der Waals surface area contributed by atoms with E-state index in [1.165, 1.54) is 6.08 Å². The summed E-state index contributed by atoms with van der Waals surface area (Å²) in [5, 5.41) is 3.09. The lowest BCUT2D eigenvalue weighted by atomic mass is 10.1. The minimum Gasteiger partial charge on any atom is -0.489 e. The van der Waals surface area contributed by atoms with Crippen molar-refractivity contribution >= 4 is 11.5 Å². The van der Waals surface area contributed by atoms with Gasteiger partial charge < -0.3 is 19.5 Å². The predicted molar refractivity (Wildman–Crippen MR) is 107 cm³/mol. The quantitative estimate of drug-likeness (QED) is 0.476. The summed E-state index contributed by atoms with van der Waals surface area (Å²) < 4.78 is 16.3. The van der Waals surface area contributed by atoms with E-state index in [-0.39, 0.29) is 12.6 Å². The standard InChI is InChI=1S/C23H19NO4/c25-21(18-6-11-22-23(14-18)28-16-27-22)12-13-24-19-7-9-20(10-8-19)26-15-17-4-2-1-3-5-17/h1-14,24H,15-16H2/b13-12+. The van der Waals surface area contributed by atoms with E-state index in [2.05, 4.69) is 5.32 Å². The highest BCUT2D eigenvalue weighted by molar-refractivity contribution is 6.05. The molecule has 3 aromatic carbocycles. The van der Waals surface area contributed by atoms with Crippen molar-refractivity contribution in [1.82, 2.24) is 0 Å². The Hall–Kier alpha value is -3.73. The van der Waals surface area contributed by atoms with Crippen molar-refractivity contribution < 1.29 is 19.0 Å². The molecule has 0 amide bonds. The maximum Gasteiger partial charge on any atom is 0.231 e. The number of ether oxygens (including phenoxy) is 3. The minimum absolute atomic E-state index is 0.117. The van der Waals surface area contributed by atoms with Gasteiger partial charge in [0.15, 0.2) is 17.3 Å². The molecule has 1 heterocycles. The van der Waals surface area contributed by atoms with Gasteiger partial charge in [-0.05, 0) is 48.0 Å². The fraction of sp³-hybridized carbons (Fsp3) is 0.0870. The number of carbonyl (C=O) groups is 1. The van der Waals surface area contributed by atoms with E-state index in [0.29, 0.717) is 23.7 Å². The number of hydrogen-bond donors (Lipinski definition) is 1. The number of ketones is 1. The molecule has 0 saturated carbocycles. The Morgan fingerprint density at radius 2 is 1.75 bits per heavy atom. The van der Waals surface area contributed by atoms with Crippen molar-refractivity contribution in [1.29, 1.82) is 0 Å². The van der Waals surface area contributed by atoms with E-state index in [1.807, 2.05) is 54.6 Å². The average Bonchev–Trinajstić information content (AvgIpc) is 3.22. The molecule has 0 bridgehead atoms. The van der Waals surface area contributed by atoms with Crippen LogP contribution in [0.3, 0.4) is 0 Å². The number of carbonyl (C=O) groups excluding carboxylic acids is 1. The average molecular weight is 373 g/mol. The zero-order chi connectivity index (χ0) is 19.2. The van der Waals surface area contributed by atoms with Gasteiger partial charge in [-0.3, -0.25) is 4.79 Å². The van der Waals surface area contributed by atoms with Crippen LogP contribution in [-0.2, 0) is 6.61 Å². The molecule has 0 fully saturated rings. The summed E-state index contributed by atoms with van der Waals surface area (Å²) in [5.74, 6) is 1.93. The molecular weight excluding hydrogens is 354 g/mol. The van der Waals surface area contributed by atoms with Crippen molar-refractivity contribution in [3.05, 3.63) is 96.2 Å². The molecule has 28 heavy (non-hydrogen) atoms. The molecule has 0 aromatic heterocycles. The Balaban J connectivity index is 1.30. The molecule has 3 aromatic rings. The van der Waals surface area contributed by atoms with Gasteiger partial charge >= 0.3 is 0 Å². The number of fused-ring (bicyclic) bond motifs is 1. The summed E-state index contributed by atoms with van der Waals surface area (Å²) in [6.07, 6.45) is 3.10. The van der Waals surface area contributed by atoms with Crippen molar-refractivity contribution in [2.75, 3.05) is 12.1 Å². The molecule has 5 heteroatoms. The van der Waals surface area contributed by atoms with Gasteiger partial charge in [-0.25, -0.2) is 0 Å². The molecule has 0 unspecified atom stereocenters. The van der Waals surface area contributed by atoms with Crippen LogP contribution >= 0.6 is 0 Å². The van der Waals surface area contributed by atoms with E-state index in [0.717, 1.165) is 17.0 Å². The van der Waals surface area contributed by atoms with Crippen molar-refractivity contribution in [2.24, 2.45) is 0 Å². The van der Waals surface area contributed by atoms with Crippen LogP contribution in [0.15, 0.2) is 85.1 Å². The van der Waals surface area contributed by atoms with Crippen molar-refractivity contribution in [2.45, 2.75) is 6.61 Å². The second-order valence-electron chi connectivity index (χ2n) is 6.21. The molecule has 5 nitrogen and oxygen atoms in total. The Bertz CT molecular complexity index is 981. The lowest BCUT2D eigenvalue weighted by Crippen LogP contribution is -1.97. The first-order valence-electron chi connectivity index (χ1n) is 8.92. The van der Waals surface area contributed by atoms with Crippen LogP contribution in [0.4, 0.5) is 5.69 Å². The molecule has 1 N–H and O–H groups in total. The second kappa shape index (κ2) is 8.31. The van der Waals surface area contributed by atoms with Crippen LogP contribution < -0.4 is 19.5 Å². The normalized spacial score (nSPS) is 12.1. The maximum absolute atomic E-state index is 12.3. The summed E-state index contributed by atoms with van der Waals surface area (Å²) in [4.78, 5) is 12.3. The Morgan fingerprint density at radius 1 is 0.964 bits per heavy atom. The number of allylic oxidation sites excluding steroid dienone is 1. The van der Waals surface area contributed by atoms with Gasteiger partial charge in [0.25, 0.3) is 0 Å². The number of anilines is 1. The Labute approximate surface area is 163 Å². The van der Waals surface area contributed by atoms with Gasteiger partial charge in [-0.1, -0.05) is 30.3 Å².